The van der Waals surface area contributed by atoms with Crippen molar-refractivity contribution in [1.29, 1.82) is 0 Å². The van der Waals surface area contributed by atoms with Crippen LogP contribution in [0.3, 0.4) is 0 Å². The van der Waals surface area contributed by atoms with Crippen molar-refractivity contribution in [2.45, 2.75) is 13.1 Å². The number of anilines is 1. The topological polar surface area (TPSA) is 84.3 Å². The van der Waals surface area contributed by atoms with Crippen LogP contribution in [0.5, 0.6) is 0 Å². The molecule has 0 radical (unpaired) electrons. The van der Waals surface area contributed by atoms with E-state index in [0.717, 1.165) is 10.4 Å². The van der Waals surface area contributed by atoms with E-state index in [0.29, 0.717) is 18.8 Å². The number of benzene rings is 2. The van der Waals surface area contributed by atoms with Crippen molar-refractivity contribution in [3.05, 3.63) is 92.2 Å². The van der Waals surface area contributed by atoms with E-state index in [2.05, 4.69) is 10.6 Å². The summed E-state index contributed by atoms with van der Waals surface area (Å²) in [6.45, 7) is 0.865. The Morgan fingerprint density at radius 3 is 2.54 bits per heavy atom. The molecule has 0 saturated carbocycles. The quantitative estimate of drug-likeness (QED) is 0.484. The van der Waals surface area contributed by atoms with Crippen molar-refractivity contribution in [3.63, 3.8) is 0 Å². The maximum absolute atomic E-state index is 12.3. The summed E-state index contributed by atoms with van der Waals surface area (Å²) in [6.07, 6.45) is 0. The number of nitro groups is 1. The molecule has 132 valence electrons. The van der Waals surface area contributed by atoms with Crippen LogP contribution in [0.25, 0.3) is 0 Å². The molecule has 0 aliphatic heterocycles. The van der Waals surface area contributed by atoms with Gasteiger partial charge >= 0.3 is 0 Å². The number of thiophene rings is 1. The second-order valence-electron chi connectivity index (χ2n) is 5.59. The predicted molar refractivity (Wildman–Crippen MR) is 102 cm³/mol. The van der Waals surface area contributed by atoms with Gasteiger partial charge in [0.15, 0.2) is 0 Å². The number of carbonyl (C=O) groups is 1. The summed E-state index contributed by atoms with van der Waals surface area (Å²) in [5, 5.41) is 19.2. The standard InChI is InChI=1S/C19H17N3O3S/c23-19(21-13-16-7-4-10-26-16)15-8-9-17(18(11-15)22(24)25)20-12-14-5-2-1-3-6-14/h1-11,20H,12-13H2,(H,21,23). The highest BCUT2D eigenvalue weighted by molar-refractivity contribution is 7.09. The fraction of sp³-hybridized carbons (Fsp3) is 0.105. The third kappa shape index (κ3) is 4.46. The Bertz CT molecular complexity index is 896. The van der Waals surface area contributed by atoms with E-state index in [4.69, 9.17) is 0 Å². The summed E-state index contributed by atoms with van der Waals surface area (Å²) in [5.74, 6) is -0.337. The smallest absolute Gasteiger partial charge is 0.293 e. The highest BCUT2D eigenvalue weighted by atomic mass is 32.1. The number of nitrogens with zero attached hydrogens (tertiary/aromatic N) is 1. The first kappa shape index (κ1) is 17.6. The lowest BCUT2D eigenvalue weighted by molar-refractivity contribution is -0.384. The average molecular weight is 367 g/mol. The Morgan fingerprint density at radius 2 is 1.85 bits per heavy atom. The molecule has 0 aliphatic rings. The molecule has 26 heavy (non-hydrogen) atoms. The molecule has 1 heterocycles. The molecule has 2 aromatic carbocycles. The molecular weight excluding hydrogens is 350 g/mol. The first-order valence-electron chi connectivity index (χ1n) is 8.00. The SMILES string of the molecule is O=C(NCc1cccs1)c1ccc(NCc2ccccc2)c([N+](=O)[O-])c1. The molecule has 0 saturated heterocycles. The second kappa shape index (κ2) is 8.26. The fourth-order valence-electron chi connectivity index (χ4n) is 2.45. The molecule has 0 aliphatic carbocycles. The van der Waals surface area contributed by atoms with Gasteiger partial charge in [-0.05, 0) is 29.1 Å². The fourth-order valence-corrected chi connectivity index (χ4v) is 3.09. The van der Waals surface area contributed by atoms with Gasteiger partial charge in [-0.1, -0.05) is 36.4 Å². The number of amides is 1. The molecule has 2 N–H and O–H groups in total. The van der Waals surface area contributed by atoms with Gasteiger partial charge in [-0.3, -0.25) is 14.9 Å². The third-order valence-corrected chi connectivity index (χ3v) is 4.66. The largest absolute Gasteiger partial charge is 0.375 e. The Labute approximate surface area is 154 Å². The number of hydrogen-bond donors (Lipinski definition) is 2. The van der Waals surface area contributed by atoms with Gasteiger partial charge in [0.25, 0.3) is 11.6 Å². The van der Waals surface area contributed by atoms with Crippen LogP contribution in [0.2, 0.25) is 0 Å². The summed E-state index contributed by atoms with van der Waals surface area (Å²) in [7, 11) is 0. The lowest BCUT2D eigenvalue weighted by Crippen LogP contribution is -2.22. The maximum atomic E-state index is 12.3. The van der Waals surface area contributed by atoms with E-state index < -0.39 is 4.92 Å². The normalized spacial score (nSPS) is 10.3. The van der Waals surface area contributed by atoms with Gasteiger partial charge in [-0.2, -0.15) is 0 Å². The van der Waals surface area contributed by atoms with Gasteiger partial charge in [0, 0.05) is 23.1 Å². The first-order chi connectivity index (χ1) is 12.6. The van der Waals surface area contributed by atoms with E-state index in [1.54, 1.807) is 23.5 Å². The Balaban J connectivity index is 1.71. The van der Waals surface area contributed by atoms with Crippen molar-refractivity contribution >= 4 is 28.6 Å². The van der Waals surface area contributed by atoms with Crippen LogP contribution in [-0.2, 0) is 13.1 Å². The summed E-state index contributed by atoms with van der Waals surface area (Å²) in [4.78, 5) is 24.2. The third-order valence-electron chi connectivity index (χ3n) is 3.79. The van der Waals surface area contributed by atoms with Gasteiger partial charge in [-0.15, -0.1) is 11.3 Å². The molecule has 0 unspecified atom stereocenters. The van der Waals surface area contributed by atoms with E-state index in [1.807, 2.05) is 47.8 Å². The van der Waals surface area contributed by atoms with Crippen LogP contribution in [0.4, 0.5) is 11.4 Å². The van der Waals surface area contributed by atoms with E-state index in [1.165, 1.54) is 6.07 Å². The number of hydrogen-bond acceptors (Lipinski definition) is 5. The Hall–Kier alpha value is -3.19. The summed E-state index contributed by atoms with van der Waals surface area (Å²) in [6, 6.07) is 17.9. The van der Waals surface area contributed by atoms with Crippen molar-refractivity contribution in [3.8, 4) is 0 Å². The average Bonchev–Trinajstić information content (AvgIpc) is 3.18. The van der Waals surface area contributed by atoms with Crippen LogP contribution in [0.1, 0.15) is 20.8 Å². The number of rotatable bonds is 7. The molecule has 0 bridgehead atoms. The van der Waals surface area contributed by atoms with E-state index in [9.17, 15) is 14.9 Å². The molecular formula is C19H17N3O3S. The molecule has 0 atom stereocenters. The predicted octanol–water partition coefficient (Wildman–Crippen LogP) is 4.20. The minimum absolute atomic E-state index is 0.121. The molecule has 0 fully saturated rings. The monoisotopic (exact) mass is 367 g/mol. The maximum Gasteiger partial charge on any atom is 0.293 e. The second-order valence-corrected chi connectivity index (χ2v) is 6.62. The Kier molecular flexibility index (Phi) is 5.60. The first-order valence-corrected chi connectivity index (χ1v) is 8.88. The van der Waals surface area contributed by atoms with Crippen LogP contribution in [0.15, 0.2) is 66.0 Å². The molecule has 1 aromatic heterocycles. The lowest BCUT2D eigenvalue weighted by atomic mass is 10.1. The summed E-state index contributed by atoms with van der Waals surface area (Å²) < 4.78 is 0. The molecule has 0 spiro atoms. The van der Waals surface area contributed by atoms with Crippen molar-refractivity contribution in [2.24, 2.45) is 0 Å². The van der Waals surface area contributed by atoms with Crippen molar-refractivity contribution in [2.75, 3.05) is 5.32 Å². The van der Waals surface area contributed by atoms with E-state index in [-0.39, 0.29) is 17.2 Å². The zero-order chi connectivity index (χ0) is 18.4. The zero-order valence-corrected chi connectivity index (χ0v) is 14.7. The number of nitro benzene ring substituents is 1. The van der Waals surface area contributed by atoms with Crippen LogP contribution in [0, 0.1) is 10.1 Å². The highest BCUT2D eigenvalue weighted by Gasteiger charge is 2.17. The molecule has 6 nitrogen and oxygen atoms in total. The van der Waals surface area contributed by atoms with Crippen LogP contribution < -0.4 is 10.6 Å². The van der Waals surface area contributed by atoms with Gasteiger partial charge < -0.3 is 10.6 Å². The zero-order valence-electron chi connectivity index (χ0n) is 13.8. The van der Waals surface area contributed by atoms with Gasteiger partial charge in [-0.25, -0.2) is 0 Å². The lowest BCUT2D eigenvalue weighted by Gasteiger charge is -2.09. The summed E-state index contributed by atoms with van der Waals surface area (Å²) in [5.41, 5.74) is 1.54. The number of carbonyl (C=O) groups excluding carboxylic acids is 1. The van der Waals surface area contributed by atoms with E-state index >= 15 is 0 Å². The van der Waals surface area contributed by atoms with Crippen molar-refractivity contribution in [1.82, 2.24) is 5.32 Å². The Morgan fingerprint density at radius 1 is 1.04 bits per heavy atom. The molecule has 3 rings (SSSR count). The van der Waals surface area contributed by atoms with Crippen LogP contribution in [-0.4, -0.2) is 10.8 Å². The minimum atomic E-state index is -0.483. The summed E-state index contributed by atoms with van der Waals surface area (Å²) >= 11 is 1.54. The number of nitrogens with one attached hydrogen (secondary N) is 2. The molecule has 1 amide bonds. The van der Waals surface area contributed by atoms with Gasteiger partial charge in [0.05, 0.1) is 11.5 Å². The minimum Gasteiger partial charge on any atom is -0.375 e. The molecule has 7 heteroatoms. The van der Waals surface area contributed by atoms with Crippen molar-refractivity contribution < 1.29 is 9.72 Å². The van der Waals surface area contributed by atoms with Gasteiger partial charge in [0.2, 0.25) is 0 Å². The molecule has 3 aromatic rings. The van der Waals surface area contributed by atoms with Crippen LogP contribution >= 0.6 is 11.3 Å². The van der Waals surface area contributed by atoms with Gasteiger partial charge in [0.1, 0.15) is 5.69 Å². The highest BCUT2D eigenvalue weighted by Crippen LogP contribution is 2.26.